The van der Waals surface area contributed by atoms with Crippen LogP contribution in [0.3, 0.4) is 0 Å². The molecule has 3 saturated carbocycles. The summed E-state index contributed by atoms with van der Waals surface area (Å²) in [6.45, 7) is 13.6. The minimum Gasteiger partial charge on any atom is -0.344 e. The van der Waals surface area contributed by atoms with Gasteiger partial charge < -0.3 is 15.2 Å². The van der Waals surface area contributed by atoms with Gasteiger partial charge in [0.15, 0.2) is 5.79 Å². The van der Waals surface area contributed by atoms with Crippen molar-refractivity contribution in [2.45, 2.75) is 90.3 Å². The molecular weight excluding hydrogens is 262 g/mol. The van der Waals surface area contributed by atoms with Crippen molar-refractivity contribution >= 4 is 0 Å². The van der Waals surface area contributed by atoms with Gasteiger partial charge in [-0.3, -0.25) is 0 Å². The second kappa shape index (κ2) is 3.52. The Balaban J connectivity index is 1.87. The van der Waals surface area contributed by atoms with Gasteiger partial charge in [0.1, 0.15) is 0 Å². The van der Waals surface area contributed by atoms with Crippen LogP contribution >= 0.6 is 0 Å². The van der Waals surface area contributed by atoms with Crippen molar-refractivity contribution in [3.63, 3.8) is 0 Å². The average Bonchev–Trinajstić information content (AvgIpc) is 2.79. The molecule has 3 heteroatoms. The zero-order valence-electron chi connectivity index (χ0n) is 14.5. The Morgan fingerprint density at radius 3 is 2.38 bits per heavy atom. The smallest absolute Gasteiger partial charge is 0.164 e. The normalized spacial score (nSPS) is 59.9. The number of fused-ring (bicyclic) bond motifs is 3. The average molecular weight is 293 g/mol. The SMILES string of the molecule is C[C@@H]1CC[C@@]2(N)C(C)(C)C3C[C@@]12C[C@@H]1OC(C)(C)O[C@@]31C. The number of hydrogen-bond acceptors (Lipinski definition) is 3. The molecule has 0 aromatic rings. The maximum Gasteiger partial charge on any atom is 0.164 e. The quantitative estimate of drug-likeness (QED) is 0.744. The molecular formula is C18H31NO2. The van der Waals surface area contributed by atoms with Crippen LogP contribution in [0.15, 0.2) is 0 Å². The van der Waals surface area contributed by atoms with Crippen LogP contribution in [0.5, 0.6) is 0 Å². The molecule has 1 spiro atoms. The predicted octanol–water partition coefficient (Wildman–Crippen LogP) is 3.46. The first-order valence-corrected chi connectivity index (χ1v) is 8.65. The van der Waals surface area contributed by atoms with E-state index in [0.29, 0.717) is 11.8 Å². The van der Waals surface area contributed by atoms with Crippen LogP contribution in [-0.4, -0.2) is 23.0 Å². The van der Waals surface area contributed by atoms with E-state index in [0.717, 1.165) is 12.8 Å². The van der Waals surface area contributed by atoms with Gasteiger partial charge in [0.25, 0.3) is 0 Å². The van der Waals surface area contributed by atoms with Gasteiger partial charge in [-0.1, -0.05) is 20.8 Å². The maximum atomic E-state index is 7.13. The first-order valence-electron chi connectivity index (χ1n) is 8.65. The molecule has 21 heavy (non-hydrogen) atoms. The van der Waals surface area contributed by atoms with Crippen molar-refractivity contribution in [3.05, 3.63) is 0 Å². The van der Waals surface area contributed by atoms with Gasteiger partial charge in [0.05, 0.1) is 11.7 Å². The molecule has 1 aliphatic heterocycles. The van der Waals surface area contributed by atoms with E-state index in [1.165, 1.54) is 12.8 Å². The standard InChI is InChI=1S/C18H31NO2/c1-11-7-8-18(19)14(2,3)12-9-17(11,18)10-13-16(12,6)21-15(4,5)20-13/h11-13H,7-10,19H2,1-6H3/t11-,12?,13+,16+,17-,18-/m1/s1. The van der Waals surface area contributed by atoms with Crippen LogP contribution in [-0.2, 0) is 9.47 Å². The molecule has 0 aromatic heterocycles. The molecule has 3 nitrogen and oxygen atoms in total. The lowest BCUT2D eigenvalue weighted by molar-refractivity contribution is -0.177. The molecule has 1 unspecified atom stereocenters. The van der Waals surface area contributed by atoms with E-state index in [2.05, 4.69) is 41.5 Å². The molecule has 0 radical (unpaired) electrons. The first-order chi connectivity index (χ1) is 9.49. The molecule has 0 aromatic carbocycles. The molecule has 1 heterocycles. The maximum absolute atomic E-state index is 7.13. The summed E-state index contributed by atoms with van der Waals surface area (Å²) in [5.41, 5.74) is 7.23. The highest BCUT2D eigenvalue weighted by molar-refractivity contribution is 5.30. The Morgan fingerprint density at radius 2 is 1.71 bits per heavy atom. The van der Waals surface area contributed by atoms with Crippen LogP contribution in [0.4, 0.5) is 0 Å². The molecule has 120 valence electrons. The third kappa shape index (κ3) is 1.34. The lowest BCUT2D eigenvalue weighted by Crippen LogP contribution is -2.58. The topological polar surface area (TPSA) is 44.5 Å². The first kappa shape index (κ1) is 14.5. The van der Waals surface area contributed by atoms with Crippen molar-refractivity contribution in [1.82, 2.24) is 0 Å². The molecule has 2 bridgehead atoms. The summed E-state index contributed by atoms with van der Waals surface area (Å²) in [5, 5.41) is 0. The molecule has 1 saturated heterocycles. The Labute approximate surface area is 128 Å². The summed E-state index contributed by atoms with van der Waals surface area (Å²) in [7, 11) is 0. The van der Waals surface area contributed by atoms with Gasteiger partial charge in [-0.05, 0) is 69.1 Å². The minimum atomic E-state index is -0.463. The van der Waals surface area contributed by atoms with Crippen LogP contribution in [0.1, 0.15) is 67.2 Å². The number of hydrogen-bond donors (Lipinski definition) is 1. The molecule has 3 aliphatic carbocycles. The van der Waals surface area contributed by atoms with Crippen molar-refractivity contribution in [2.75, 3.05) is 0 Å². The van der Waals surface area contributed by atoms with E-state index in [1.807, 2.05) is 0 Å². The minimum absolute atomic E-state index is 0.0612. The third-order valence-corrected chi connectivity index (χ3v) is 8.17. The Hall–Kier alpha value is -0.120. The van der Waals surface area contributed by atoms with E-state index in [1.54, 1.807) is 0 Å². The summed E-state index contributed by atoms with van der Waals surface area (Å²) < 4.78 is 12.8. The molecule has 6 atom stereocenters. The van der Waals surface area contributed by atoms with Gasteiger partial charge >= 0.3 is 0 Å². The highest BCUT2D eigenvalue weighted by atomic mass is 16.8. The van der Waals surface area contributed by atoms with Gasteiger partial charge in [0.2, 0.25) is 0 Å². The van der Waals surface area contributed by atoms with Crippen LogP contribution in [0.25, 0.3) is 0 Å². The second-order valence-corrected chi connectivity index (χ2v) is 9.54. The monoisotopic (exact) mass is 293 g/mol. The molecule has 2 N–H and O–H groups in total. The van der Waals surface area contributed by atoms with E-state index in [9.17, 15) is 0 Å². The van der Waals surface area contributed by atoms with Crippen LogP contribution < -0.4 is 5.73 Å². The van der Waals surface area contributed by atoms with Gasteiger partial charge in [0, 0.05) is 5.54 Å². The van der Waals surface area contributed by atoms with Crippen molar-refractivity contribution in [1.29, 1.82) is 0 Å². The van der Waals surface area contributed by atoms with Crippen LogP contribution in [0, 0.1) is 22.7 Å². The fraction of sp³-hybridized carbons (Fsp3) is 1.00. The van der Waals surface area contributed by atoms with Crippen molar-refractivity contribution in [2.24, 2.45) is 28.4 Å². The summed E-state index contributed by atoms with van der Waals surface area (Å²) in [6.07, 6.45) is 4.90. The molecule has 4 rings (SSSR count). The van der Waals surface area contributed by atoms with E-state index < -0.39 is 5.79 Å². The Bertz CT molecular complexity index is 497. The third-order valence-electron chi connectivity index (χ3n) is 8.17. The number of ether oxygens (including phenoxy) is 2. The zero-order valence-corrected chi connectivity index (χ0v) is 14.5. The van der Waals surface area contributed by atoms with Gasteiger partial charge in [-0.2, -0.15) is 0 Å². The lowest BCUT2D eigenvalue weighted by atomic mass is 9.61. The number of nitrogens with two attached hydrogens (primary N) is 1. The highest BCUT2D eigenvalue weighted by Gasteiger charge is 2.78. The van der Waals surface area contributed by atoms with E-state index in [-0.39, 0.29) is 28.1 Å². The molecule has 4 aliphatic rings. The van der Waals surface area contributed by atoms with Gasteiger partial charge in [-0.25, -0.2) is 0 Å². The second-order valence-electron chi connectivity index (χ2n) is 9.54. The lowest BCUT2D eigenvalue weighted by Gasteiger charge is -2.47. The van der Waals surface area contributed by atoms with E-state index >= 15 is 0 Å². The number of rotatable bonds is 0. The Kier molecular flexibility index (Phi) is 2.42. The highest BCUT2D eigenvalue weighted by Crippen LogP contribution is 2.76. The van der Waals surface area contributed by atoms with E-state index in [4.69, 9.17) is 15.2 Å². The Morgan fingerprint density at radius 1 is 1.05 bits per heavy atom. The summed E-state index contributed by atoms with van der Waals surface area (Å²) >= 11 is 0. The predicted molar refractivity (Wildman–Crippen MR) is 82.7 cm³/mol. The van der Waals surface area contributed by atoms with Crippen molar-refractivity contribution in [3.8, 4) is 0 Å². The zero-order chi connectivity index (χ0) is 15.5. The van der Waals surface area contributed by atoms with Crippen LogP contribution in [0.2, 0.25) is 0 Å². The van der Waals surface area contributed by atoms with Gasteiger partial charge in [-0.15, -0.1) is 0 Å². The largest absolute Gasteiger partial charge is 0.344 e. The fourth-order valence-electron chi connectivity index (χ4n) is 7.02. The summed E-state index contributed by atoms with van der Waals surface area (Å²) in [6, 6.07) is 0. The fourth-order valence-corrected chi connectivity index (χ4v) is 7.02. The summed E-state index contributed by atoms with van der Waals surface area (Å²) in [4.78, 5) is 0. The van der Waals surface area contributed by atoms with Crippen molar-refractivity contribution < 1.29 is 9.47 Å². The molecule has 4 fully saturated rings. The molecule has 0 amide bonds. The summed E-state index contributed by atoms with van der Waals surface area (Å²) in [5.74, 6) is 0.720.